The van der Waals surface area contributed by atoms with Crippen molar-refractivity contribution in [2.24, 2.45) is 0 Å². The first-order chi connectivity index (χ1) is 13.9. The van der Waals surface area contributed by atoms with Crippen molar-refractivity contribution in [1.29, 1.82) is 0 Å². The maximum atomic E-state index is 12.3. The molecule has 29 heavy (non-hydrogen) atoms. The van der Waals surface area contributed by atoms with Crippen LogP contribution in [0.15, 0.2) is 48.5 Å². The summed E-state index contributed by atoms with van der Waals surface area (Å²) in [4.78, 5) is 36.4. The lowest BCUT2D eigenvalue weighted by molar-refractivity contribution is -0.114. The SMILES string of the molecule is CCNC(=O)c1cccc(NCC(=O)Nc2cccc(C(=O)NC(C)CC)c2)c1. The highest BCUT2D eigenvalue weighted by molar-refractivity contribution is 5.98. The first kappa shape index (κ1) is 21.9. The molecule has 0 aliphatic heterocycles. The van der Waals surface area contributed by atoms with Crippen molar-refractivity contribution in [3.63, 3.8) is 0 Å². The van der Waals surface area contributed by atoms with Gasteiger partial charge in [0.2, 0.25) is 5.91 Å². The van der Waals surface area contributed by atoms with Crippen LogP contribution in [0.1, 0.15) is 47.9 Å². The lowest BCUT2D eigenvalue weighted by Crippen LogP contribution is -2.32. The van der Waals surface area contributed by atoms with Crippen molar-refractivity contribution in [3.05, 3.63) is 59.7 Å². The number of benzene rings is 2. The quantitative estimate of drug-likeness (QED) is 0.524. The Morgan fingerprint density at radius 1 is 0.897 bits per heavy atom. The number of carbonyl (C=O) groups is 3. The van der Waals surface area contributed by atoms with Gasteiger partial charge in [0, 0.05) is 35.1 Å². The van der Waals surface area contributed by atoms with Gasteiger partial charge in [-0.15, -0.1) is 0 Å². The smallest absolute Gasteiger partial charge is 0.251 e. The van der Waals surface area contributed by atoms with Crippen LogP contribution in [-0.2, 0) is 4.79 Å². The fraction of sp³-hybridized carbons (Fsp3) is 0.318. The van der Waals surface area contributed by atoms with Gasteiger partial charge in [-0.1, -0.05) is 19.1 Å². The Morgan fingerprint density at radius 3 is 2.17 bits per heavy atom. The van der Waals surface area contributed by atoms with E-state index >= 15 is 0 Å². The average molecular weight is 396 g/mol. The molecule has 7 heteroatoms. The zero-order chi connectivity index (χ0) is 21.2. The molecule has 2 aromatic carbocycles. The molecular formula is C22H28N4O3. The molecular weight excluding hydrogens is 368 g/mol. The molecule has 154 valence electrons. The number of carbonyl (C=O) groups excluding carboxylic acids is 3. The predicted octanol–water partition coefficient (Wildman–Crippen LogP) is 3.02. The molecule has 2 rings (SSSR count). The van der Waals surface area contributed by atoms with Gasteiger partial charge in [-0.25, -0.2) is 0 Å². The summed E-state index contributed by atoms with van der Waals surface area (Å²) in [5, 5.41) is 11.4. The zero-order valence-corrected chi connectivity index (χ0v) is 17.0. The summed E-state index contributed by atoms with van der Waals surface area (Å²) >= 11 is 0. The zero-order valence-electron chi connectivity index (χ0n) is 17.0. The molecule has 4 N–H and O–H groups in total. The van der Waals surface area contributed by atoms with E-state index in [1.165, 1.54) is 0 Å². The summed E-state index contributed by atoms with van der Waals surface area (Å²) in [6.45, 7) is 6.37. The van der Waals surface area contributed by atoms with Gasteiger partial charge in [0.1, 0.15) is 0 Å². The summed E-state index contributed by atoms with van der Waals surface area (Å²) in [5.41, 5.74) is 2.23. The maximum absolute atomic E-state index is 12.3. The summed E-state index contributed by atoms with van der Waals surface area (Å²) in [6, 6.07) is 13.8. The number of amides is 3. The Balaban J connectivity index is 1.93. The van der Waals surface area contributed by atoms with Crippen LogP contribution in [0.5, 0.6) is 0 Å². The Morgan fingerprint density at radius 2 is 1.52 bits per heavy atom. The van der Waals surface area contributed by atoms with Crippen LogP contribution in [0, 0.1) is 0 Å². The van der Waals surface area contributed by atoms with Crippen molar-refractivity contribution < 1.29 is 14.4 Å². The third kappa shape index (κ3) is 6.95. The molecule has 1 unspecified atom stereocenters. The van der Waals surface area contributed by atoms with Crippen LogP contribution in [0.2, 0.25) is 0 Å². The maximum Gasteiger partial charge on any atom is 0.251 e. The van der Waals surface area contributed by atoms with Gasteiger partial charge in [-0.3, -0.25) is 14.4 Å². The van der Waals surface area contributed by atoms with Crippen LogP contribution < -0.4 is 21.3 Å². The molecule has 0 aliphatic carbocycles. The number of nitrogens with one attached hydrogen (secondary N) is 4. The van der Waals surface area contributed by atoms with Crippen molar-refractivity contribution in [1.82, 2.24) is 10.6 Å². The minimum Gasteiger partial charge on any atom is -0.376 e. The normalized spacial score (nSPS) is 11.3. The molecule has 0 aromatic heterocycles. The topological polar surface area (TPSA) is 99.3 Å². The molecule has 1 atom stereocenters. The third-order valence-corrected chi connectivity index (χ3v) is 4.31. The molecule has 0 aliphatic rings. The predicted molar refractivity (Wildman–Crippen MR) is 115 cm³/mol. The van der Waals surface area contributed by atoms with Crippen molar-refractivity contribution in [2.45, 2.75) is 33.2 Å². The van der Waals surface area contributed by atoms with E-state index in [1.807, 2.05) is 20.8 Å². The van der Waals surface area contributed by atoms with Gasteiger partial charge in [-0.05, 0) is 56.7 Å². The van der Waals surface area contributed by atoms with E-state index in [2.05, 4.69) is 21.3 Å². The number of hydrogen-bond acceptors (Lipinski definition) is 4. The van der Waals surface area contributed by atoms with Crippen molar-refractivity contribution in [2.75, 3.05) is 23.7 Å². The van der Waals surface area contributed by atoms with E-state index in [0.717, 1.165) is 6.42 Å². The summed E-state index contributed by atoms with van der Waals surface area (Å²) in [5.74, 6) is -0.586. The minimum absolute atomic E-state index is 0.0299. The standard InChI is InChI=1S/C22H28N4O3/c1-4-15(3)25-22(29)17-9-7-11-19(13-17)26-20(27)14-24-18-10-6-8-16(12-18)21(28)23-5-2/h6-13,15,24H,4-5,14H2,1-3H3,(H,23,28)(H,25,29)(H,26,27). The van der Waals surface area contributed by atoms with E-state index in [-0.39, 0.29) is 30.3 Å². The lowest BCUT2D eigenvalue weighted by Gasteiger charge is -2.13. The molecule has 0 radical (unpaired) electrons. The van der Waals surface area contributed by atoms with E-state index in [4.69, 9.17) is 0 Å². The number of hydrogen-bond donors (Lipinski definition) is 4. The van der Waals surface area contributed by atoms with Crippen LogP contribution in [0.4, 0.5) is 11.4 Å². The molecule has 2 aromatic rings. The monoisotopic (exact) mass is 396 g/mol. The Kier molecular flexibility index (Phi) is 8.21. The average Bonchev–Trinajstić information content (AvgIpc) is 2.72. The van der Waals surface area contributed by atoms with Gasteiger partial charge >= 0.3 is 0 Å². The first-order valence-corrected chi connectivity index (χ1v) is 9.75. The van der Waals surface area contributed by atoms with E-state index in [9.17, 15) is 14.4 Å². The van der Waals surface area contributed by atoms with E-state index in [1.54, 1.807) is 48.5 Å². The van der Waals surface area contributed by atoms with E-state index < -0.39 is 0 Å². The van der Waals surface area contributed by atoms with E-state index in [0.29, 0.717) is 29.0 Å². The number of anilines is 2. The second kappa shape index (κ2) is 10.8. The van der Waals surface area contributed by atoms with Crippen LogP contribution >= 0.6 is 0 Å². The molecule has 0 bridgehead atoms. The molecule has 7 nitrogen and oxygen atoms in total. The largest absolute Gasteiger partial charge is 0.376 e. The lowest BCUT2D eigenvalue weighted by atomic mass is 10.1. The van der Waals surface area contributed by atoms with Gasteiger partial charge < -0.3 is 21.3 Å². The molecule has 0 heterocycles. The summed E-state index contributed by atoms with van der Waals surface area (Å²) < 4.78 is 0. The highest BCUT2D eigenvalue weighted by atomic mass is 16.2. The Labute approximate surface area is 171 Å². The van der Waals surface area contributed by atoms with Gasteiger partial charge in [-0.2, -0.15) is 0 Å². The second-order valence-corrected chi connectivity index (χ2v) is 6.71. The third-order valence-electron chi connectivity index (χ3n) is 4.31. The highest BCUT2D eigenvalue weighted by Gasteiger charge is 2.10. The molecule has 0 spiro atoms. The van der Waals surface area contributed by atoms with Crippen LogP contribution in [0.25, 0.3) is 0 Å². The fourth-order valence-electron chi connectivity index (χ4n) is 2.57. The van der Waals surface area contributed by atoms with Crippen LogP contribution in [0.3, 0.4) is 0 Å². The van der Waals surface area contributed by atoms with Crippen LogP contribution in [-0.4, -0.2) is 36.9 Å². The molecule has 3 amide bonds. The summed E-state index contributed by atoms with van der Waals surface area (Å²) in [7, 11) is 0. The second-order valence-electron chi connectivity index (χ2n) is 6.71. The Hall–Kier alpha value is -3.35. The molecule has 0 saturated heterocycles. The molecule has 0 saturated carbocycles. The van der Waals surface area contributed by atoms with Gasteiger partial charge in [0.25, 0.3) is 11.8 Å². The highest BCUT2D eigenvalue weighted by Crippen LogP contribution is 2.13. The minimum atomic E-state index is -0.257. The van der Waals surface area contributed by atoms with Crippen molar-refractivity contribution >= 4 is 29.1 Å². The Bertz CT molecular complexity index is 867. The summed E-state index contributed by atoms with van der Waals surface area (Å²) in [6.07, 6.45) is 0.842. The molecule has 0 fully saturated rings. The number of rotatable bonds is 9. The first-order valence-electron chi connectivity index (χ1n) is 9.75. The van der Waals surface area contributed by atoms with Gasteiger partial charge in [0.15, 0.2) is 0 Å². The fourth-order valence-corrected chi connectivity index (χ4v) is 2.57. The van der Waals surface area contributed by atoms with Crippen molar-refractivity contribution in [3.8, 4) is 0 Å². The van der Waals surface area contributed by atoms with Gasteiger partial charge in [0.05, 0.1) is 6.54 Å².